The number of nitrogens with zero attached hydrogens (tertiary/aromatic N) is 1. The summed E-state index contributed by atoms with van der Waals surface area (Å²) >= 11 is 1.39. The van der Waals surface area contributed by atoms with Gasteiger partial charge in [0.15, 0.2) is 5.13 Å². The SMILES string of the molecule is O=C(O)Cc1csc(NCc2ccco2)n1. The molecule has 2 N–H and O–H groups in total. The number of carboxylic acid groups (broad SMARTS) is 1. The zero-order valence-corrected chi connectivity index (χ0v) is 9.16. The van der Waals surface area contributed by atoms with E-state index in [0.717, 1.165) is 5.76 Å². The summed E-state index contributed by atoms with van der Waals surface area (Å²) in [6, 6.07) is 3.67. The van der Waals surface area contributed by atoms with E-state index in [2.05, 4.69) is 10.3 Å². The van der Waals surface area contributed by atoms with E-state index in [4.69, 9.17) is 9.52 Å². The van der Waals surface area contributed by atoms with E-state index in [-0.39, 0.29) is 6.42 Å². The van der Waals surface area contributed by atoms with Crippen LogP contribution < -0.4 is 5.32 Å². The smallest absolute Gasteiger partial charge is 0.309 e. The predicted molar refractivity (Wildman–Crippen MR) is 59.5 cm³/mol. The highest BCUT2D eigenvalue weighted by Crippen LogP contribution is 2.16. The fourth-order valence-corrected chi connectivity index (χ4v) is 1.91. The number of hydrogen-bond donors (Lipinski definition) is 2. The molecule has 6 heteroatoms. The average Bonchev–Trinajstić information content (AvgIpc) is 2.84. The number of nitrogens with one attached hydrogen (secondary N) is 1. The Kier molecular flexibility index (Phi) is 3.21. The van der Waals surface area contributed by atoms with Gasteiger partial charge in [-0.2, -0.15) is 0 Å². The highest BCUT2D eigenvalue weighted by Gasteiger charge is 2.06. The Morgan fingerprint density at radius 3 is 3.19 bits per heavy atom. The van der Waals surface area contributed by atoms with Gasteiger partial charge in [0.2, 0.25) is 0 Å². The fourth-order valence-electron chi connectivity index (χ4n) is 1.20. The first-order valence-corrected chi connectivity index (χ1v) is 5.54. The van der Waals surface area contributed by atoms with Gasteiger partial charge in [0.25, 0.3) is 0 Å². The van der Waals surface area contributed by atoms with Gasteiger partial charge in [-0.15, -0.1) is 11.3 Å². The van der Waals surface area contributed by atoms with Crippen molar-refractivity contribution in [3.8, 4) is 0 Å². The molecule has 0 atom stereocenters. The van der Waals surface area contributed by atoms with Crippen molar-refractivity contribution in [3.05, 3.63) is 35.2 Å². The first-order chi connectivity index (χ1) is 7.74. The third-order valence-electron chi connectivity index (χ3n) is 1.88. The molecule has 0 aliphatic rings. The molecule has 0 aliphatic carbocycles. The van der Waals surface area contributed by atoms with E-state index in [0.29, 0.717) is 17.4 Å². The van der Waals surface area contributed by atoms with Crippen LogP contribution >= 0.6 is 11.3 Å². The van der Waals surface area contributed by atoms with E-state index in [1.54, 1.807) is 11.6 Å². The van der Waals surface area contributed by atoms with Crippen LogP contribution in [0.5, 0.6) is 0 Å². The molecule has 0 saturated heterocycles. The Bertz CT molecular complexity index is 464. The second-order valence-corrected chi connectivity index (χ2v) is 4.01. The minimum Gasteiger partial charge on any atom is -0.481 e. The normalized spacial score (nSPS) is 10.2. The number of carboxylic acids is 1. The summed E-state index contributed by atoms with van der Waals surface area (Å²) in [6.45, 7) is 0.549. The fraction of sp³-hybridized carbons (Fsp3) is 0.200. The molecule has 0 radical (unpaired) electrons. The van der Waals surface area contributed by atoms with Crippen LogP contribution in [0.4, 0.5) is 5.13 Å². The lowest BCUT2D eigenvalue weighted by molar-refractivity contribution is -0.136. The van der Waals surface area contributed by atoms with Gasteiger partial charge >= 0.3 is 5.97 Å². The van der Waals surface area contributed by atoms with E-state index in [9.17, 15) is 4.79 Å². The number of anilines is 1. The predicted octanol–water partition coefficient (Wildman–Crippen LogP) is 1.98. The topological polar surface area (TPSA) is 75.4 Å². The molecule has 2 rings (SSSR count). The molecular formula is C10H10N2O3S. The Labute approximate surface area is 95.7 Å². The number of furan rings is 1. The summed E-state index contributed by atoms with van der Waals surface area (Å²) in [6.07, 6.45) is 1.56. The zero-order chi connectivity index (χ0) is 11.4. The van der Waals surface area contributed by atoms with Crippen molar-refractivity contribution in [2.24, 2.45) is 0 Å². The monoisotopic (exact) mass is 238 g/mol. The largest absolute Gasteiger partial charge is 0.481 e. The molecule has 2 heterocycles. The van der Waals surface area contributed by atoms with Crippen LogP contribution in [0, 0.1) is 0 Å². The average molecular weight is 238 g/mol. The molecule has 0 aliphatic heterocycles. The van der Waals surface area contributed by atoms with E-state index < -0.39 is 5.97 Å². The molecule has 0 amide bonds. The molecule has 0 aromatic carbocycles. The van der Waals surface area contributed by atoms with Gasteiger partial charge in [-0.1, -0.05) is 0 Å². The van der Waals surface area contributed by atoms with Gasteiger partial charge < -0.3 is 14.8 Å². The molecule has 0 unspecified atom stereocenters. The first-order valence-electron chi connectivity index (χ1n) is 4.66. The molecule has 16 heavy (non-hydrogen) atoms. The van der Waals surface area contributed by atoms with Gasteiger partial charge in [0, 0.05) is 5.38 Å². The van der Waals surface area contributed by atoms with E-state index in [1.165, 1.54) is 11.3 Å². The lowest BCUT2D eigenvalue weighted by atomic mass is 10.3. The standard InChI is InChI=1S/C10H10N2O3S/c13-9(14)4-7-6-16-10(12-7)11-5-8-2-1-3-15-8/h1-3,6H,4-5H2,(H,11,12)(H,13,14). The zero-order valence-electron chi connectivity index (χ0n) is 8.34. The molecule has 5 nitrogen and oxygen atoms in total. The maximum absolute atomic E-state index is 10.5. The second kappa shape index (κ2) is 4.80. The Hall–Kier alpha value is -1.82. The Morgan fingerprint density at radius 1 is 1.62 bits per heavy atom. The number of carbonyl (C=O) groups is 1. The van der Waals surface area contributed by atoms with Crippen LogP contribution in [0.15, 0.2) is 28.2 Å². The molecule has 2 aromatic rings. The van der Waals surface area contributed by atoms with Crippen LogP contribution in [0.3, 0.4) is 0 Å². The highest BCUT2D eigenvalue weighted by atomic mass is 32.1. The Morgan fingerprint density at radius 2 is 2.50 bits per heavy atom. The van der Waals surface area contributed by atoms with E-state index in [1.807, 2.05) is 12.1 Å². The summed E-state index contributed by atoms with van der Waals surface area (Å²) in [5, 5.41) is 14.1. The minimum absolute atomic E-state index is 0.0427. The number of aromatic nitrogens is 1. The van der Waals surface area contributed by atoms with Crippen molar-refractivity contribution in [1.29, 1.82) is 0 Å². The van der Waals surface area contributed by atoms with Crippen molar-refractivity contribution < 1.29 is 14.3 Å². The quantitative estimate of drug-likeness (QED) is 0.833. The summed E-state index contributed by atoms with van der Waals surface area (Å²) < 4.78 is 5.15. The summed E-state index contributed by atoms with van der Waals surface area (Å²) in [7, 11) is 0. The van der Waals surface area contributed by atoms with Gasteiger partial charge in [0.1, 0.15) is 5.76 Å². The van der Waals surface area contributed by atoms with Crippen molar-refractivity contribution in [1.82, 2.24) is 4.98 Å². The van der Waals surface area contributed by atoms with E-state index >= 15 is 0 Å². The summed E-state index contributed by atoms with van der Waals surface area (Å²) in [5.74, 6) is -0.0575. The van der Waals surface area contributed by atoms with Crippen LogP contribution in [-0.2, 0) is 17.8 Å². The summed E-state index contributed by atoms with van der Waals surface area (Å²) in [4.78, 5) is 14.6. The molecular weight excluding hydrogens is 228 g/mol. The third kappa shape index (κ3) is 2.83. The molecule has 84 valence electrons. The maximum Gasteiger partial charge on any atom is 0.309 e. The van der Waals surface area contributed by atoms with Gasteiger partial charge in [-0.05, 0) is 12.1 Å². The molecule has 0 bridgehead atoms. The number of thiazole rings is 1. The highest BCUT2D eigenvalue weighted by molar-refractivity contribution is 7.13. The van der Waals surface area contributed by atoms with Gasteiger partial charge in [-0.3, -0.25) is 4.79 Å². The molecule has 0 spiro atoms. The minimum atomic E-state index is -0.872. The second-order valence-electron chi connectivity index (χ2n) is 3.15. The first kappa shape index (κ1) is 10.7. The van der Waals surface area contributed by atoms with Crippen LogP contribution in [0.25, 0.3) is 0 Å². The van der Waals surface area contributed by atoms with Gasteiger partial charge in [-0.25, -0.2) is 4.98 Å². The van der Waals surface area contributed by atoms with Crippen molar-refractivity contribution in [2.45, 2.75) is 13.0 Å². The molecule has 2 aromatic heterocycles. The van der Waals surface area contributed by atoms with Crippen molar-refractivity contribution in [3.63, 3.8) is 0 Å². The lowest BCUT2D eigenvalue weighted by Crippen LogP contribution is -2.01. The number of hydrogen-bond acceptors (Lipinski definition) is 5. The summed E-state index contributed by atoms with van der Waals surface area (Å²) in [5.41, 5.74) is 0.569. The van der Waals surface area contributed by atoms with Crippen molar-refractivity contribution >= 4 is 22.4 Å². The van der Waals surface area contributed by atoms with Crippen LogP contribution in [0.1, 0.15) is 11.5 Å². The van der Waals surface area contributed by atoms with Crippen molar-refractivity contribution in [2.75, 3.05) is 5.32 Å². The Balaban J connectivity index is 1.90. The number of rotatable bonds is 5. The molecule has 0 saturated carbocycles. The molecule has 0 fully saturated rings. The van der Waals surface area contributed by atoms with Crippen LogP contribution in [0.2, 0.25) is 0 Å². The maximum atomic E-state index is 10.5. The third-order valence-corrected chi connectivity index (χ3v) is 2.73. The number of aliphatic carboxylic acids is 1. The van der Waals surface area contributed by atoms with Gasteiger partial charge in [0.05, 0.1) is 24.9 Å². The van der Waals surface area contributed by atoms with Crippen LogP contribution in [-0.4, -0.2) is 16.1 Å². The lowest BCUT2D eigenvalue weighted by Gasteiger charge is -1.98.